The van der Waals surface area contributed by atoms with E-state index in [0.717, 1.165) is 26.8 Å². The Morgan fingerprint density at radius 2 is 1.83 bits per heavy atom. The van der Waals surface area contributed by atoms with Gasteiger partial charge in [-0.25, -0.2) is 0 Å². The van der Waals surface area contributed by atoms with Crippen molar-refractivity contribution in [2.24, 2.45) is 0 Å². The van der Waals surface area contributed by atoms with Crippen molar-refractivity contribution in [1.82, 2.24) is 10.4 Å². The van der Waals surface area contributed by atoms with Crippen LogP contribution in [0.4, 0.5) is 0 Å². The number of amides is 2. The lowest BCUT2D eigenvalue weighted by Gasteiger charge is -2.15. The summed E-state index contributed by atoms with van der Waals surface area (Å²) in [7, 11) is 1.54. The number of hydrogen-bond acceptors (Lipinski definition) is 6. The predicted octanol–water partition coefficient (Wildman–Crippen LogP) is 7.00. The molecule has 2 amide bonds. The number of thioether (sulfide) groups is 1. The minimum Gasteiger partial charge on any atom is -0.493 e. The monoisotopic (exact) mass is 666 g/mol. The Labute approximate surface area is 239 Å². The maximum atomic E-state index is 13.0. The Bertz CT molecular complexity index is 1370. The molecule has 0 spiro atoms. The molecule has 36 heavy (non-hydrogen) atoms. The average Bonchev–Trinajstić information content (AvgIpc) is 3.11. The summed E-state index contributed by atoms with van der Waals surface area (Å²) in [6.07, 6.45) is 1.68. The van der Waals surface area contributed by atoms with E-state index in [1.807, 2.05) is 18.2 Å². The molecule has 0 aromatic heterocycles. The van der Waals surface area contributed by atoms with Crippen LogP contribution in [-0.2, 0) is 11.4 Å². The van der Waals surface area contributed by atoms with Gasteiger partial charge in [-0.2, -0.15) is 5.01 Å². The highest BCUT2D eigenvalue weighted by Gasteiger charge is 2.34. The third-order valence-corrected chi connectivity index (χ3v) is 7.63. The number of halogens is 3. The van der Waals surface area contributed by atoms with Crippen molar-refractivity contribution in [2.45, 2.75) is 6.61 Å². The molecule has 0 radical (unpaired) electrons. The number of carbonyl (C=O) groups excluding carboxylic acids is 2. The van der Waals surface area contributed by atoms with Gasteiger partial charge in [-0.05, 0) is 93.9 Å². The van der Waals surface area contributed by atoms with Crippen LogP contribution in [0.3, 0.4) is 0 Å². The van der Waals surface area contributed by atoms with Crippen LogP contribution in [0, 0.1) is 0 Å². The van der Waals surface area contributed by atoms with Gasteiger partial charge in [0.15, 0.2) is 15.8 Å². The largest absolute Gasteiger partial charge is 0.493 e. The van der Waals surface area contributed by atoms with Gasteiger partial charge in [-0.1, -0.05) is 51.4 Å². The third kappa shape index (κ3) is 6.30. The van der Waals surface area contributed by atoms with Crippen molar-refractivity contribution in [2.75, 3.05) is 7.11 Å². The first-order chi connectivity index (χ1) is 17.2. The molecule has 6 nitrogen and oxygen atoms in total. The lowest BCUT2D eigenvalue weighted by molar-refractivity contribution is -0.123. The zero-order valence-corrected chi connectivity index (χ0v) is 24.1. The standard InChI is InChI=1S/C25H17Br2ClN2O4S2/c1-33-20-11-15(10-19(27)22(20)34-13-14-2-8-18(28)9-3-14)12-21-24(32)30(25(35)36-21)29-23(31)16-4-6-17(26)7-5-16/h2-12H,13H2,1H3,(H,29,31)/b21-12-. The molecular weight excluding hydrogens is 652 g/mol. The second-order valence-electron chi connectivity index (χ2n) is 7.41. The first-order valence-corrected chi connectivity index (χ1v) is 13.5. The number of nitrogens with one attached hydrogen (secondary N) is 1. The summed E-state index contributed by atoms with van der Waals surface area (Å²) in [5.74, 6) is 0.155. The Balaban J connectivity index is 1.50. The van der Waals surface area contributed by atoms with Gasteiger partial charge in [-0.3, -0.25) is 15.0 Å². The zero-order chi connectivity index (χ0) is 25.8. The Morgan fingerprint density at radius 1 is 1.14 bits per heavy atom. The number of thiocarbonyl (C=S) groups is 1. The van der Waals surface area contributed by atoms with Gasteiger partial charge in [0.2, 0.25) is 0 Å². The van der Waals surface area contributed by atoms with Crippen molar-refractivity contribution in [1.29, 1.82) is 0 Å². The van der Waals surface area contributed by atoms with Crippen LogP contribution in [0.2, 0.25) is 5.02 Å². The third-order valence-electron chi connectivity index (χ3n) is 4.96. The first-order valence-electron chi connectivity index (χ1n) is 10.3. The highest BCUT2D eigenvalue weighted by Crippen LogP contribution is 2.39. The molecule has 0 aliphatic carbocycles. The van der Waals surface area contributed by atoms with Gasteiger partial charge in [0.1, 0.15) is 6.61 Å². The number of methoxy groups -OCH3 is 1. The Hall–Kier alpha value is -2.37. The van der Waals surface area contributed by atoms with E-state index in [1.54, 1.807) is 48.5 Å². The Morgan fingerprint density at radius 3 is 2.50 bits per heavy atom. The van der Waals surface area contributed by atoms with Crippen molar-refractivity contribution in [3.63, 3.8) is 0 Å². The average molecular weight is 669 g/mol. The SMILES string of the molecule is COc1cc(/C=C2\SC(=S)N(NC(=O)c3ccc(Br)cc3)C2=O)cc(Br)c1OCc1ccc(Cl)cc1. The van der Waals surface area contributed by atoms with E-state index < -0.39 is 11.8 Å². The summed E-state index contributed by atoms with van der Waals surface area (Å²) in [5, 5.41) is 1.73. The number of nitrogens with zero attached hydrogens (tertiary/aromatic N) is 1. The molecule has 3 aromatic carbocycles. The normalized spacial score (nSPS) is 14.3. The maximum absolute atomic E-state index is 13.0. The molecule has 1 heterocycles. The quantitative estimate of drug-likeness (QED) is 0.216. The Kier molecular flexibility index (Phi) is 8.74. The minimum atomic E-state index is -0.438. The van der Waals surface area contributed by atoms with E-state index in [1.165, 1.54) is 7.11 Å². The minimum absolute atomic E-state index is 0.227. The lowest BCUT2D eigenvalue weighted by Crippen LogP contribution is -2.44. The van der Waals surface area contributed by atoms with Gasteiger partial charge >= 0.3 is 0 Å². The molecule has 1 saturated heterocycles. The number of hydrazine groups is 1. The summed E-state index contributed by atoms with van der Waals surface area (Å²) in [4.78, 5) is 25.9. The number of rotatable bonds is 7. The van der Waals surface area contributed by atoms with Crippen LogP contribution in [0.5, 0.6) is 11.5 Å². The van der Waals surface area contributed by atoms with E-state index in [9.17, 15) is 9.59 Å². The van der Waals surface area contributed by atoms with Crippen molar-refractivity contribution in [3.8, 4) is 11.5 Å². The summed E-state index contributed by atoms with van der Waals surface area (Å²) < 4.78 is 13.2. The summed E-state index contributed by atoms with van der Waals surface area (Å²) >= 11 is 19.2. The maximum Gasteiger partial charge on any atom is 0.285 e. The van der Waals surface area contributed by atoms with E-state index in [0.29, 0.717) is 43.6 Å². The topological polar surface area (TPSA) is 67.9 Å². The van der Waals surface area contributed by atoms with Gasteiger partial charge in [0.25, 0.3) is 11.8 Å². The van der Waals surface area contributed by atoms with E-state index in [-0.39, 0.29) is 4.32 Å². The molecule has 3 aromatic rings. The molecule has 1 aliphatic heterocycles. The lowest BCUT2D eigenvalue weighted by atomic mass is 10.1. The molecule has 11 heteroatoms. The van der Waals surface area contributed by atoms with Crippen molar-refractivity contribution in [3.05, 3.63) is 96.2 Å². The molecule has 4 rings (SSSR count). The second kappa shape index (κ2) is 11.8. The summed E-state index contributed by atoms with van der Waals surface area (Å²) in [6.45, 7) is 0.322. The van der Waals surface area contributed by atoms with Crippen LogP contribution >= 0.6 is 67.4 Å². The van der Waals surface area contributed by atoms with Crippen LogP contribution in [0.1, 0.15) is 21.5 Å². The fraction of sp³-hybridized carbons (Fsp3) is 0.0800. The smallest absolute Gasteiger partial charge is 0.285 e. The summed E-state index contributed by atoms with van der Waals surface area (Å²) in [5.41, 5.74) is 4.62. The predicted molar refractivity (Wildman–Crippen MR) is 153 cm³/mol. The number of hydrogen-bond donors (Lipinski definition) is 1. The number of carbonyl (C=O) groups is 2. The molecule has 1 N–H and O–H groups in total. The van der Waals surface area contributed by atoms with E-state index in [2.05, 4.69) is 37.3 Å². The van der Waals surface area contributed by atoms with Crippen molar-refractivity contribution < 1.29 is 19.1 Å². The molecule has 0 saturated carbocycles. The number of benzene rings is 3. The zero-order valence-electron chi connectivity index (χ0n) is 18.6. The van der Waals surface area contributed by atoms with Gasteiger partial charge in [-0.15, -0.1) is 0 Å². The second-order valence-corrected chi connectivity index (χ2v) is 11.3. The highest BCUT2D eigenvalue weighted by atomic mass is 79.9. The van der Waals surface area contributed by atoms with Gasteiger partial charge < -0.3 is 9.47 Å². The first kappa shape index (κ1) is 26.7. The highest BCUT2D eigenvalue weighted by molar-refractivity contribution is 9.10. The molecular formula is C25H17Br2ClN2O4S2. The molecule has 0 atom stereocenters. The van der Waals surface area contributed by atoms with Gasteiger partial charge in [0.05, 0.1) is 16.5 Å². The van der Waals surface area contributed by atoms with Crippen LogP contribution in [0.25, 0.3) is 6.08 Å². The van der Waals surface area contributed by atoms with E-state index in [4.69, 9.17) is 33.3 Å². The molecule has 184 valence electrons. The number of ether oxygens (including phenoxy) is 2. The fourth-order valence-electron chi connectivity index (χ4n) is 3.18. The molecule has 0 unspecified atom stereocenters. The van der Waals surface area contributed by atoms with E-state index >= 15 is 0 Å². The molecule has 1 fully saturated rings. The molecule has 1 aliphatic rings. The molecule has 0 bridgehead atoms. The van der Waals surface area contributed by atoms with Gasteiger partial charge in [0, 0.05) is 15.1 Å². The van der Waals surface area contributed by atoms with Crippen LogP contribution in [0.15, 0.2) is 74.5 Å². The van der Waals surface area contributed by atoms with Crippen LogP contribution in [-0.4, -0.2) is 28.3 Å². The van der Waals surface area contributed by atoms with Crippen molar-refractivity contribution >= 4 is 89.7 Å². The fourth-order valence-corrected chi connectivity index (χ4v) is 5.33. The summed E-state index contributed by atoms with van der Waals surface area (Å²) in [6, 6.07) is 17.7. The van der Waals surface area contributed by atoms with Crippen LogP contribution < -0.4 is 14.9 Å².